The van der Waals surface area contributed by atoms with Gasteiger partial charge in [0.1, 0.15) is 61.0 Å². The van der Waals surface area contributed by atoms with Gasteiger partial charge in [0.25, 0.3) is 0 Å². The molecule has 0 unspecified atom stereocenters. The van der Waals surface area contributed by atoms with Crippen molar-refractivity contribution in [2.24, 2.45) is 46.3 Å². The maximum absolute atomic E-state index is 11.7. The Morgan fingerprint density at radius 3 is 2.20 bits per heavy atom. The van der Waals surface area contributed by atoms with Crippen LogP contribution < -0.4 is 0 Å². The first kappa shape index (κ1) is 45.2. The third-order valence-corrected chi connectivity index (χ3v) is 17.4. The molecule has 0 aromatic heterocycles. The van der Waals surface area contributed by atoms with Gasteiger partial charge in [-0.1, -0.05) is 39.3 Å². The number of hydrogen-bond acceptors (Lipinski definition) is 17. The van der Waals surface area contributed by atoms with Gasteiger partial charge in [0.2, 0.25) is 0 Å². The van der Waals surface area contributed by atoms with Crippen LogP contribution in [0.5, 0.6) is 0 Å². The van der Waals surface area contributed by atoms with Crippen LogP contribution in [-0.2, 0) is 37.9 Å². The summed E-state index contributed by atoms with van der Waals surface area (Å²) in [6, 6.07) is 0. The van der Waals surface area contributed by atoms with Crippen LogP contribution in [0, 0.1) is 46.3 Å². The van der Waals surface area contributed by atoms with E-state index >= 15 is 0 Å². The molecule has 0 bridgehead atoms. The molecule has 17 heteroatoms. The molecule has 5 aliphatic heterocycles. The summed E-state index contributed by atoms with van der Waals surface area (Å²) in [5.74, 6) is 1.47. The van der Waals surface area contributed by atoms with E-state index in [-0.39, 0.29) is 29.8 Å². The molecule has 61 heavy (non-hydrogen) atoms. The predicted molar refractivity (Wildman–Crippen MR) is 210 cm³/mol. The van der Waals surface area contributed by atoms with Crippen LogP contribution >= 0.6 is 0 Å². The Kier molecular flexibility index (Phi) is 12.4. The van der Waals surface area contributed by atoms with E-state index in [1.54, 1.807) is 0 Å². The molecule has 0 radical (unpaired) electrons. The van der Waals surface area contributed by atoms with Crippen molar-refractivity contribution in [3.8, 4) is 0 Å². The van der Waals surface area contributed by atoms with E-state index in [0.717, 1.165) is 50.7 Å². The van der Waals surface area contributed by atoms with Crippen molar-refractivity contribution in [2.75, 3.05) is 19.8 Å². The number of aliphatic hydroxyl groups excluding tert-OH is 9. The second kappa shape index (κ2) is 16.7. The molecule has 4 aliphatic carbocycles. The van der Waals surface area contributed by atoms with Gasteiger partial charge in [0.15, 0.2) is 24.7 Å². The number of aliphatic hydroxyl groups is 9. The molecule has 348 valence electrons. The van der Waals surface area contributed by atoms with Crippen molar-refractivity contribution in [2.45, 2.75) is 196 Å². The quantitative estimate of drug-likeness (QED) is 0.151. The maximum Gasteiger partial charge on any atom is 0.187 e. The lowest BCUT2D eigenvalue weighted by molar-refractivity contribution is -0.393. The highest BCUT2D eigenvalue weighted by atomic mass is 16.8. The molecule has 9 rings (SSSR count). The molecule has 5 saturated heterocycles. The Balaban J connectivity index is 1.02. The SMILES string of the molecule is C[C@@H]1CC[C@@]2(OC1)O[C@H]1C[C@H]3[C@@H]4CC=C5C[C@@H](O)C[C@@H](O[C@@H]6O[C@H](CO)[C@@H](O)[C@@H](O[C@@H]7OC[C@@H](O)[C@@H](O)[C@H]7O)[C@H]6O[C@@H]6O[C@H](C)[C@@H](O)[C@@H](O)[C@H]6O)[C@]5(C)[C@H]4CC[C@]3(C)[C@H]1[C@@H]2C. The van der Waals surface area contributed by atoms with E-state index < -0.39 is 123 Å². The molecule has 17 nitrogen and oxygen atoms in total. The first-order chi connectivity index (χ1) is 28.9. The Bertz CT molecular complexity index is 1590. The molecule has 26 atom stereocenters. The molecule has 9 aliphatic rings. The zero-order valence-corrected chi connectivity index (χ0v) is 35.9. The van der Waals surface area contributed by atoms with E-state index in [1.807, 2.05) is 0 Å². The maximum atomic E-state index is 11.7. The van der Waals surface area contributed by atoms with Crippen molar-refractivity contribution in [1.82, 2.24) is 0 Å². The fraction of sp³-hybridized carbons (Fsp3) is 0.955. The molecule has 8 fully saturated rings. The van der Waals surface area contributed by atoms with Crippen LogP contribution in [0.25, 0.3) is 0 Å². The smallest absolute Gasteiger partial charge is 0.187 e. The van der Waals surface area contributed by atoms with Gasteiger partial charge in [0, 0.05) is 24.2 Å². The number of rotatable bonds is 7. The van der Waals surface area contributed by atoms with Crippen molar-refractivity contribution in [1.29, 1.82) is 0 Å². The Morgan fingerprint density at radius 2 is 1.48 bits per heavy atom. The van der Waals surface area contributed by atoms with E-state index in [1.165, 1.54) is 6.92 Å². The minimum atomic E-state index is -1.77. The summed E-state index contributed by atoms with van der Waals surface area (Å²) in [5.41, 5.74) is 0.542. The fourth-order valence-corrected chi connectivity index (χ4v) is 13.8. The highest BCUT2D eigenvalue weighted by Crippen LogP contribution is 2.71. The van der Waals surface area contributed by atoms with Crippen molar-refractivity contribution in [3.05, 3.63) is 11.6 Å². The summed E-state index contributed by atoms with van der Waals surface area (Å²) in [5, 5.41) is 97.4. The van der Waals surface area contributed by atoms with Crippen LogP contribution in [0.1, 0.15) is 86.0 Å². The Labute approximate surface area is 357 Å². The zero-order chi connectivity index (χ0) is 43.5. The van der Waals surface area contributed by atoms with Crippen LogP contribution in [0.3, 0.4) is 0 Å². The Hall–Kier alpha value is -0.940. The molecule has 0 aromatic rings. The number of hydrogen-bond donors (Lipinski definition) is 9. The third-order valence-electron chi connectivity index (χ3n) is 17.4. The standard InChI is InChI=1S/C44H70O17/c1-18-8-11-44(55-16-18)19(2)30-27(61-44)14-25-23-7-6-21-12-22(46)13-29(43(21,5)24(23)9-10-42(25,30)4)58-41-38(60-40-36(53)34(51)31(48)20(3)56-40)37(33(50)28(15-45)57-41)59-39-35(52)32(49)26(47)17-54-39/h6,18-20,22-41,45-53H,7-17H2,1-5H3/t18-,19+,20-,22-,23-,24+,25+,26-,27+,28-,29-,30+,31-,32-,33-,34-,35-,36-,37-,38-,39+,40+,41+,42+,43+,44-/m1/s1. The number of fused-ring (bicyclic) bond motifs is 7. The van der Waals surface area contributed by atoms with E-state index in [4.69, 9.17) is 37.9 Å². The van der Waals surface area contributed by atoms with Gasteiger partial charge in [-0.15, -0.1) is 0 Å². The van der Waals surface area contributed by atoms with E-state index in [0.29, 0.717) is 30.1 Å². The molecular formula is C44H70O17. The number of allylic oxidation sites excluding steroid dienone is 1. The molecule has 0 amide bonds. The van der Waals surface area contributed by atoms with E-state index in [9.17, 15) is 46.0 Å². The van der Waals surface area contributed by atoms with Crippen molar-refractivity contribution in [3.63, 3.8) is 0 Å². The first-order valence-electron chi connectivity index (χ1n) is 22.9. The van der Waals surface area contributed by atoms with Gasteiger partial charge < -0.3 is 83.9 Å². The molecule has 1 spiro atoms. The summed E-state index contributed by atoms with van der Waals surface area (Å²) in [7, 11) is 0. The summed E-state index contributed by atoms with van der Waals surface area (Å²) in [6.45, 7) is 10.3. The summed E-state index contributed by atoms with van der Waals surface area (Å²) >= 11 is 0. The first-order valence-corrected chi connectivity index (χ1v) is 22.9. The van der Waals surface area contributed by atoms with Crippen LogP contribution in [0.2, 0.25) is 0 Å². The predicted octanol–water partition coefficient (Wildman–Crippen LogP) is -0.176. The fourth-order valence-electron chi connectivity index (χ4n) is 13.8. The van der Waals surface area contributed by atoms with Gasteiger partial charge >= 0.3 is 0 Å². The normalized spacial score (nSPS) is 58.4. The minimum Gasteiger partial charge on any atom is -0.394 e. The van der Waals surface area contributed by atoms with Gasteiger partial charge in [-0.05, 0) is 80.5 Å². The van der Waals surface area contributed by atoms with Crippen molar-refractivity contribution >= 4 is 0 Å². The summed E-state index contributed by atoms with van der Waals surface area (Å²) in [4.78, 5) is 0. The molecule has 3 saturated carbocycles. The summed E-state index contributed by atoms with van der Waals surface area (Å²) in [6.07, 6.45) is -14.0. The lowest BCUT2D eigenvalue weighted by Crippen LogP contribution is -2.67. The van der Waals surface area contributed by atoms with Gasteiger partial charge in [-0.25, -0.2) is 0 Å². The summed E-state index contributed by atoms with van der Waals surface area (Å²) < 4.78 is 50.8. The topological polar surface area (TPSA) is 256 Å². The molecular weight excluding hydrogens is 800 g/mol. The lowest BCUT2D eigenvalue weighted by atomic mass is 9.46. The van der Waals surface area contributed by atoms with Gasteiger partial charge in [-0.3, -0.25) is 0 Å². The number of ether oxygens (including phenoxy) is 8. The largest absolute Gasteiger partial charge is 0.394 e. The average Bonchev–Trinajstić information content (AvgIpc) is 3.68. The van der Waals surface area contributed by atoms with E-state index in [2.05, 4.69) is 33.8 Å². The van der Waals surface area contributed by atoms with Gasteiger partial charge in [0.05, 0.1) is 44.2 Å². The van der Waals surface area contributed by atoms with Crippen LogP contribution in [0.4, 0.5) is 0 Å². The highest BCUT2D eigenvalue weighted by Gasteiger charge is 2.70. The van der Waals surface area contributed by atoms with Crippen LogP contribution in [0.15, 0.2) is 11.6 Å². The minimum absolute atomic E-state index is 0.0410. The van der Waals surface area contributed by atoms with Crippen molar-refractivity contribution < 1.29 is 83.9 Å². The molecule has 0 aromatic carbocycles. The second-order valence-corrected chi connectivity index (χ2v) is 20.7. The Morgan fingerprint density at radius 1 is 0.738 bits per heavy atom. The third kappa shape index (κ3) is 7.32. The monoisotopic (exact) mass is 870 g/mol. The van der Waals surface area contributed by atoms with Gasteiger partial charge in [-0.2, -0.15) is 0 Å². The second-order valence-electron chi connectivity index (χ2n) is 20.7. The zero-order valence-electron chi connectivity index (χ0n) is 35.9. The molecule has 9 N–H and O–H groups in total. The lowest BCUT2D eigenvalue weighted by Gasteiger charge is -2.61. The average molecular weight is 871 g/mol. The molecule has 5 heterocycles. The van der Waals surface area contributed by atoms with Crippen LogP contribution in [-0.4, -0.2) is 176 Å². The highest BCUT2D eigenvalue weighted by molar-refractivity contribution is 5.29.